The van der Waals surface area contributed by atoms with E-state index in [4.69, 9.17) is 10.2 Å². The quantitative estimate of drug-likeness (QED) is 0.310. The van der Waals surface area contributed by atoms with Crippen LogP contribution in [-0.4, -0.2) is 59.3 Å². The SMILES string of the molecule is C[C@H](NCC(=O)O)C(=O)[O-].C[C@H](NCC(=O)O)C(=O)[O-].[Na+].[Na+]. The largest absolute Gasteiger partial charge is 1.00 e. The molecule has 0 heterocycles. The molecule has 0 fully saturated rings. The molecule has 0 aromatic heterocycles. The van der Waals surface area contributed by atoms with Gasteiger partial charge >= 0.3 is 71.1 Å². The van der Waals surface area contributed by atoms with Crippen molar-refractivity contribution in [3.63, 3.8) is 0 Å². The van der Waals surface area contributed by atoms with E-state index < -0.39 is 36.0 Å². The van der Waals surface area contributed by atoms with E-state index >= 15 is 0 Å². The normalized spacial score (nSPS) is 11.4. The van der Waals surface area contributed by atoms with Crippen LogP contribution < -0.4 is 80.0 Å². The van der Waals surface area contributed by atoms with Crippen LogP contribution in [-0.2, 0) is 19.2 Å². The molecule has 4 N–H and O–H groups in total. The fourth-order valence-corrected chi connectivity index (χ4v) is 0.647. The van der Waals surface area contributed by atoms with Crippen LogP contribution in [0.25, 0.3) is 0 Å². The van der Waals surface area contributed by atoms with Gasteiger partial charge in [-0.2, -0.15) is 0 Å². The fraction of sp³-hybridized carbons (Fsp3) is 0.600. The van der Waals surface area contributed by atoms with Crippen LogP contribution in [0.1, 0.15) is 13.8 Å². The molecule has 2 atom stereocenters. The average molecular weight is 338 g/mol. The van der Waals surface area contributed by atoms with E-state index in [1.807, 2.05) is 0 Å². The molecule has 0 aliphatic rings. The van der Waals surface area contributed by atoms with Gasteiger partial charge in [-0.05, 0) is 13.8 Å². The molecule has 0 saturated carbocycles. The van der Waals surface area contributed by atoms with Crippen molar-refractivity contribution in [2.24, 2.45) is 0 Å². The van der Waals surface area contributed by atoms with Gasteiger partial charge in [0.2, 0.25) is 0 Å². The monoisotopic (exact) mass is 338 g/mol. The molecule has 22 heavy (non-hydrogen) atoms. The molecule has 0 aromatic carbocycles. The number of carbonyl (C=O) groups excluding carboxylic acids is 2. The first kappa shape index (κ1) is 29.8. The van der Waals surface area contributed by atoms with Gasteiger partial charge < -0.3 is 30.0 Å². The first-order valence-electron chi connectivity index (χ1n) is 5.40. The smallest absolute Gasteiger partial charge is 0.548 e. The maximum absolute atomic E-state index is 9.95. The van der Waals surface area contributed by atoms with Crippen molar-refractivity contribution in [1.29, 1.82) is 0 Å². The van der Waals surface area contributed by atoms with E-state index in [1.54, 1.807) is 0 Å². The van der Waals surface area contributed by atoms with E-state index in [9.17, 15) is 29.4 Å². The molecule has 0 aliphatic heterocycles. The Morgan fingerprint density at radius 3 is 1.18 bits per heavy atom. The van der Waals surface area contributed by atoms with Crippen molar-refractivity contribution in [3.05, 3.63) is 0 Å². The Morgan fingerprint density at radius 1 is 0.818 bits per heavy atom. The van der Waals surface area contributed by atoms with E-state index in [2.05, 4.69) is 10.6 Å². The van der Waals surface area contributed by atoms with Gasteiger partial charge in [-0.25, -0.2) is 0 Å². The zero-order valence-electron chi connectivity index (χ0n) is 12.9. The van der Waals surface area contributed by atoms with Crippen molar-refractivity contribution in [2.45, 2.75) is 25.9 Å². The predicted molar refractivity (Wildman–Crippen MR) is 60.2 cm³/mol. The van der Waals surface area contributed by atoms with Gasteiger partial charge in [-0.3, -0.25) is 20.2 Å². The number of carbonyl (C=O) groups is 4. The molecular weight excluding hydrogens is 322 g/mol. The first-order chi connectivity index (χ1) is 9.07. The molecule has 0 unspecified atom stereocenters. The Kier molecular flexibility index (Phi) is 23.2. The Balaban J connectivity index is -0.000000135. The summed E-state index contributed by atoms with van der Waals surface area (Å²) < 4.78 is 0. The number of carboxylic acids is 4. The van der Waals surface area contributed by atoms with Gasteiger partial charge in [0.1, 0.15) is 0 Å². The van der Waals surface area contributed by atoms with Crippen molar-refractivity contribution in [1.82, 2.24) is 10.6 Å². The summed E-state index contributed by atoms with van der Waals surface area (Å²) in [5, 5.41) is 40.5. The summed E-state index contributed by atoms with van der Waals surface area (Å²) in [5.74, 6) is -4.79. The van der Waals surface area contributed by atoms with Crippen LogP contribution in [0.5, 0.6) is 0 Å². The summed E-state index contributed by atoms with van der Waals surface area (Å²) in [4.78, 5) is 39.6. The summed E-state index contributed by atoms with van der Waals surface area (Å²) in [5.41, 5.74) is 0. The van der Waals surface area contributed by atoms with Gasteiger partial charge in [-0.15, -0.1) is 0 Å². The van der Waals surface area contributed by atoms with Crippen molar-refractivity contribution < 1.29 is 98.7 Å². The maximum Gasteiger partial charge on any atom is 1.00 e. The van der Waals surface area contributed by atoms with Crippen LogP contribution in [0.3, 0.4) is 0 Å². The molecule has 0 rings (SSSR count). The van der Waals surface area contributed by atoms with Gasteiger partial charge in [0.15, 0.2) is 0 Å². The first-order valence-corrected chi connectivity index (χ1v) is 5.40. The second-order valence-corrected chi connectivity index (χ2v) is 3.63. The van der Waals surface area contributed by atoms with Gasteiger partial charge in [0.25, 0.3) is 0 Å². The van der Waals surface area contributed by atoms with Crippen molar-refractivity contribution in [2.75, 3.05) is 13.1 Å². The second kappa shape index (κ2) is 17.2. The Morgan fingerprint density at radius 2 is 1.05 bits per heavy atom. The van der Waals surface area contributed by atoms with E-state index in [1.165, 1.54) is 13.8 Å². The van der Waals surface area contributed by atoms with E-state index in [0.29, 0.717) is 0 Å². The van der Waals surface area contributed by atoms with Crippen LogP contribution in [0.2, 0.25) is 0 Å². The molecular formula is C10H16N2Na2O8. The zero-order chi connectivity index (χ0) is 16.3. The second-order valence-electron chi connectivity index (χ2n) is 3.63. The Hall–Kier alpha value is -0.200. The average Bonchev–Trinajstić information content (AvgIpc) is 2.33. The number of nitrogens with one attached hydrogen (secondary N) is 2. The number of hydrogen-bond acceptors (Lipinski definition) is 8. The van der Waals surface area contributed by atoms with Gasteiger partial charge in [-0.1, -0.05) is 0 Å². The van der Waals surface area contributed by atoms with Crippen LogP contribution in [0.15, 0.2) is 0 Å². The minimum Gasteiger partial charge on any atom is -0.548 e. The molecule has 0 saturated heterocycles. The Bertz CT molecular complexity index is 333. The third kappa shape index (κ3) is 22.1. The molecule has 0 amide bonds. The number of hydrogen-bond donors (Lipinski definition) is 4. The third-order valence-corrected chi connectivity index (χ3v) is 1.83. The summed E-state index contributed by atoms with van der Waals surface area (Å²) in [6.45, 7) is 1.90. The van der Waals surface area contributed by atoms with E-state index in [-0.39, 0.29) is 72.2 Å². The molecule has 0 aliphatic carbocycles. The summed E-state index contributed by atoms with van der Waals surface area (Å²) >= 11 is 0. The number of rotatable bonds is 8. The van der Waals surface area contributed by atoms with Crippen LogP contribution >= 0.6 is 0 Å². The summed E-state index contributed by atoms with van der Waals surface area (Å²) in [7, 11) is 0. The molecule has 0 bridgehead atoms. The number of aliphatic carboxylic acids is 4. The standard InChI is InChI=1S/2C5H9NO4.2Na/c2*1-3(5(9)10)6-2-4(7)8;;/h2*3,6H,2H2,1H3,(H,7,8)(H,9,10);;/q;;2*+1/p-2/t2*3-;;/m00../s1. The van der Waals surface area contributed by atoms with Crippen LogP contribution in [0, 0.1) is 0 Å². The maximum atomic E-state index is 9.95. The molecule has 116 valence electrons. The predicted octanol–water partition coefficient (Wildman–Crippen LogP) is -10.4. The minimum absolute atomic E-state index is 0. The van der Waals surface area contributed by atoms with Gasteiger partial charge in [0.05, 0.1) is 25.0 Å². The van der Waals surface area contributed by atoms with Crippen LogP contribution in [0.4, 0.5) is 0 Å². The molecule has 12 heteroatoms. The van der Waals surface area contributed by atoms with Crippen molar-refractivity contribution >= 4 is 23.9 Å². The number of carboxylic acid groups (broad SMARTS) is 4. The zero-order valence-corrected chi connectivity index (χ0v) is 16.9. The topological polar surface area (TPSA) is 179 Å². The summed E-state index contributed by atoms with van der Waals surface area (Å²) in [6.07, 6.45) is 0. The Labute approximate surface area is 171 Å². The fourth-order valence-electron chi connectivity index (χ4n) is 0.647. The molecule has 0 spiro atoms. The van der Waals surface area contributed by atoms with Gasteiger partial charge in [0, 0.05) is 12.1 Å². The third-order valence-electron chi connectivity index (χ3n) is 1.83. The molecule has 0 radical (unpaired) electrons. The molecule has 10 nitrogen and oxygen atoms in total. The van der Waals surface area contributed by atoms with Crippen molar-refractivity contribution in [3.8, 4) is 0 Å². The molecule has 0 aromatic rings. The minimum atomic E-state index is -1.30. The summed E-state index contributed by atoms with van der Waals surface area (Å²) in [6, 6.07) is -1.84. The van der Waals surface area contributed by atoms with E-state index in [0.717, 1.165) is 0 Å².